The molecule has 50 heavy (non-hydrogen) atoms. The van der Waals surface area contributed by atoms with E-state index in [2.05, 4.69) is 88.8 Å². The van der Waals surface area contributed by atoms with E-state index in [0.29, 0.717) is 11.1 Å². The predicted molar refractivity (Wildman–Crippen MR) is 208 cm³/mol. The maximum atomic E-state index is 7.87. The molecule has 3 heterocycles. The molecule has 249 valence electrons. The van der Waals surface area contributed by atoms with Gasteiger partial charge in [-0.05, 0) is 29.0 Å². The fourth-order valence-corrected chi connectivity index (χ4v) is 9.82. The van der Waals surface area contributed by atoms with Crippen molar-refractivity contribution in [3.8, 4) is 44.8 Å². The van der Waals surface area contributed by atoms with Crippen LogP contribution in [-0.4, -0.2) is 23.2 Å². The van der Waals surface area contributed by atoms with Gasteiger partial charge < -0.3 is 9.40 Å². The molecule has 8 rings (SSSR count). The first-order valence-electron chi connectivity index (χ1n) is 17.9. The maximum Gasteiger partial charge on any atom is 0.121 e. The van der Waals surface area contributed by atoms with Gasteiger partial charge in [-0.2, -0.15) is 0 Å². The molecular weight excluding hydrogens is 849 g/mol. The molecule has 0 N–H and O–H groups in total. The van der Waals surface area contributed by atoms with Crippen molar-refractivity contribution < 1.29 is 28.6 Å². The minimum atomic E-state index is -2.19. The Kier molecular flexibility index (Phi) is 9.48. The van der Waals surface area contributed by atoms with Crippen LogP contribution in [0.15, 0.2) is 144 Å². The Hall–Kier alpha value is -4.61. The molecule has 0 amide bonds. The first kappa shape index (κ1) is 31.4. The summed E-state index contributed by atoms with van der Waals surface area (Å²) in [5.74, 6) is 7.07. The summed E-state index contributed by atoms with van der Waals surface area (Å²) in [6.45, 7) is -0.0564. The minimum absolute atomic E-state index is 0. The Morgan fingerprint density at radius 3 is 2.10 bits per heavy atom. The van der Waals surface area contributed by atoms with Crippen molar-refractivity contribution in [1.29, 1.82) is 0 Å². The molecular formula is C45H38GeIrN2O-2. The number of benzene rings is 5. The molecule has 3 aromatic heterocycles. The largest absolute Gasteiger partial charge is 0.501 e. The van der Waals surface area contributed by atoms with Crippen molar-refractivity contribution in [1.82, 2.24) is 9.97 Å². The fourth-order valence-electron chi connectivity index (χ4n) is 6.24. The third-order valence-electron chi connectivity index (χ3n) is 8.69. The zero-order valence-corrected chi connectivity index (χ0v) is 32.9. The van der Waals surface area contributed by atoms with Crippen molar-refractivity contribution in [3.63, 3.8) is 0 Å². The third-order valence-corrected chi connectivity index (χ3v) is 13.2. The Balaban J connectivity index is 0.000000178. The molecule has 5 aromatic carbocycles. The summed E-state index contributed by atoms with van der Waals surface area (Å²) in [4.78, 5) is 9.12. The van der Waals surface area contributed by atoms with Gasteiger partial charge in [-0.1, -0.05) is 65.5 Å². The van der Waals surface area contributed by atoms with Crippen LogP contribution in [0.3, 0.4) is 0 Å². The van der Waals surface area contributed by atoms with Crippen molar-refractivity contribution in [2.24, 2.45) is 0 Å². The van der Waals surface area contributed by atoms with E-state index in [9.17, 15) is 0 Å². The molecule has 0 saturated carbocycles. The van der Waals surface area contributed by atoms with Crippen LogP contribution in [0.1, 0.15) is 15.2 Å². The van der Waals surface area contributed by atoms with Crippen LogP contribution in [-0.2, 0) is 20.1 Å². The van der Waals surface area contributed by atoms with Crippen LogP contribution in [0.5, 0.6) is 0 Å². The number of fused-ring (bicyclic) bond motifs is 3. The number of aryl methyl sites for hydroxylation is 2. The zero-order valence-electron chi connectivity index (χ0n) is 31.4. The summed E-state index contributed by atoms with van der Waals surface area (Å²) in [6, 6.07) is 48.2. The Morgan fingerprint density at radius 1 is 0.680 bits per heavy atom. The topological polar surface area (TPSA) is 38.9 Å². The van der Waals surface area contributed by atoms with Gasteiger partial charge in [0.15, 0.2) is 0 Å². The van der Waals surface area contributed by atoms with Crippen molar-refractivity contribution in [3.05, 3.63) is 163 Å². The van der Waals surface area contributed by atoms with Gasteiger partial charge in [0.2, 0.25) is 0 Å². The van der Waals surface area contributed by atoms with Gasteiger partial charge in [0.25, 0.3) is 0 Å². The van der Waals surface area contributed by atoms with Crippen LogP contribution < -0.4 is 4.40 Å². The first-order chi connectivity index (χ1) is 25.0. The second-order valence-electron chi connectivity index (χ2n) is 13.2. The van der Waals surface area contributed by atoms with E-state index in [4.69, 9.17) is 8.53 Å². The molecule has 0 spiro atoms. The second-order valence-corrected chi connectivity index (χ2v) is 23.7. The molecule has 0 fully saturated rings. The smallest absolute Gasteiger partial charge is 0.121 e. The van der Waals surface area contributed by atoms with Gasteiger partial charge in [0.1, 0.15) is 5.58 Å². The number of rotatable bonds is 5. The summed E-state index contributed by atoms with van der Waals surface area (Å²) >= 11 is -1.96. The van der Waals surface area contributed by atoms with E-state index in [-0.39, 0.29) is 20.1 Å². The summed E-state index contributed by atoms with van der Waals surface area (Å²) < 4.78 is 31.2. The molecule has 3 nitrogen and oxygen atoms in total. The molecule has 0 aliphatic carbocycles. The van der Waals surface area contributed by atoms with E-state index in [1.807, 2.05) is 85.1 Å². The number of pyridine rings is 2. The van der Waals surface area contributed by atoms with Gasteiger partial charge in [-0.3, -0.25) is 0 Å². The minimum Gasteiger partial charge on any atom is -0.501 e. The van der Waals surface area contributed by atoms with E-state index < -0.39 is 20.1 Å². The average Bonchev–Trinajstić information content (AvgIpc) is 3.53. The van der Waals surface area contributed by atoms with Crippen LogP contribution in [0.4, 0.5) is 0 Å². The quantitative estimate of drug-likeness (QED) is 0.128. The van der Waals surface area contributed by atoms with Crippen molar-refractivity contribution >= 4 is 39.6 Å². The fraction of sp³-hybridized carbons (Fsp3) is 0.111. The molecule has 0 bridgehead atoms. The summed E-state index contributed by atoms with van der Waals surface area (Å²) in [7, 11) is 0. The zero-order chi connectivity index (χ0) is 36.5. The van der Waals surface area contributed by atoms with Crippen LogP contribution >= 0.6 is 0 Å². The monoisotopic (exact) mass is 892 g/mol. The Bertz CT molecular complexity index is 2500. The van der Waals surface area contributed by atoms with Crippen molar-refractivity contribution in [2.75, 3.05) is 0 Å². The second kappa shape index (κ2) is 15.1. The first-order valence-corrected chi connectivity index (χ1v) is 23.7. The predicted octanol–water partition coefficient (Wildman–Crippen LogP) is 11.5. The SMILES string of the molecule is [2H]C([2H])([2H])c1c[c-]c(-c2cc(C)[c]([Ge]([CH3])([CH3])[CH3])cn2)cc1-c1ccccc1.[Ir].[c-]1ccc2c(oc3cc(-c4ccccc4)ccc32)c1-c1ccccn1. The number of furan rings is 1. The molecule has 0 unspecified atom stereocenters. The normalized spacial score (nSPS) is 12.3. The summed E-state index contributed by atoms with van der Waals surface area (Å²) in [5.41, 5.74) is 10.6. The average molecular weight is 891 g/mol. The van der Waals surface area contributed by atoms with E-state index in [1.165, 1.54) is 15.5 Å². The van der Waals surface area contributed by atoms with E-state index in [1.54, 1.807) is 12.3 Å². The van der Waals surface area contributed by atoms with Gasteiger partial charge in [-0.15, -0.1) is 18.2 Å². The van der Waals surface area contributed by atoms with Crippen molar-refractivity contribution in [2.45, 2.75) is 31.0 Å². The summed E-state index contributed by atoms with van der Waals surface area (Å²) in [5, 5.41) is 2.20. The molecule has 0 aliphatic heterocycles. The standard InChI is InChI=1S/C23H14NO.C22H24GeN.Ir/c1-2-7-16(8-3-1)17-12-13-18-19-9-6-10-20(21-11-4-5-14-24-21)23(19)25-22(18)15-17;1-16-11-12-19(14-20(16)18-9-7-6-8-10-18)22-13-17(2)21(15-24-22)23(3,4)5;/h1-9,11-15H;6-11,13-15H,1-5H3;/q2*-1;/i;1D3;. The van der Waals surface area contributed by atoms with Crippen LogP contribution in [0, 0.1) is 25.9 Å². The Labute approximate surface area is 315 Å². The van der Waals surface area contributed by atoms with Crippen LogP contribution in [0.25, 0.3) is 66.7 Å². The number of nitrogens with zero attached hydrogens (tertiary/aromatic N) is 2. The Morgan fingerprint density at radius 2 is 1.42 bits per heavy atom. The van der Waals surface area contributed by atoms with E-state index >= 15 is 0 Å². The number of aromatic nitrogens is 2. The van der Waals surface area contributed by atoms with Crippen LogP contribution in [0.2, 0.25) is 17.3 Å². The summed E-state index contributed by atoms with van der Waals surface area (Å²) in [6.07, 6.45) is 3.79. The van der Waals surface area contributed by atoms with E-state index in [0.717, 1.165) is 55.6 Å². The third kappa shape index (κ3) is 7.44. The molecule has 1 radical (unpaired) electrons. The van der Waals surface area contributed by atoms with Gasteiger partial charge in [0, 0.05) is 31.7 Å². The van der Waals surface area contributed by atoms with Gasteiger partial charge in [0.05, 0.1) is 5.58 Å². The maximum absolute atomic E-state index is 7.87. The van der Waals surface area contributed by atoms with Gasteiger partial charge in [-0.25, -0.2) is 0 Å². The molecule has 0 aliphatic rings. The molecule has 5 heteroatoms. The number of hydrogen-bond donors (Lipinski definition) is 0. The van der Waals surface area contributed by atoms with Gasteiger partial charge >= 0.3 is 152 Å². The number of hydrogen-bond acceptors (Lipinski definition) is 3. The molecule has 0 atom stereocenters. The molecule has 8 aromatic rings. The molecule has 0 saturated heterocycles.